The van der Waals surface area contributed by atoms with Gasteiger partial charge in [-0.15, -0.1) is 23.2 Å². The van der Waals surface area contributed by atoms with Crippen LogP contribution in [0.4, 0.5) is 0 Å². The second-order valence-corrected chi connectivity index (χ2v) is 7.99. The molecule has 132 valence electrons. The van der Waals surface area contributed by atoms with E-state index in [-0.39, 0.29) is 5.92 Å². The van der Waals surface area contributed by atoms with E-state index in [0.717, 1.165) is 13.0 Å². The zero-order chi connectivity index (χ0) is 17.2. The smallest absolute Gasteiger partial charge is 0.343 e. The molecule has 0 saturated carbocycles. The molecule has 0 radical (unpaired) electrons. The second-order valence-electron chi connectivity index (χ2n) is 5.05. The number of aliphatic carboxylic acids is 1. The van der Waals surface area contributed by atoms with E-state index in [1.165, 1.54) is 0 Å². The first-order valence-electron chi connectivity index (χ1n) is 7.14. The average Bonchev–Trinajstić information content (AvgIpc) is 2.47. The summed E-state index contributed by atoms with van der Waals surface area (Å²) < 4.78 is 19.2. The zero-order valence-corrected chi connectivity index (χ0v) is 15.4. The molecule has 2 atom stereocenters. The van der Waals surface area contributed by atoms with Crippen molar-refractivity contribution in [1.29, 1.82) is 0 Å². The highest BCUT2D eigenvalue weighted by atomic mass is 35.5. The van der Waals surface area contributed by atoms with Crippen LogP contribution in [0.3, 0.4) is 0 Å². The van der Waals surface area contributed by atoms with Crippen LogP contribution in [0.15, 0.2) is 0 Å². The van der Waals surface area contributed by atoms with Crippen LogP contribution in [0.5, 0.6) is 0 Å². The average molecular weight is 378 g/mol. The van der Waals surface area contributed by atoms with E-state index in [0.29, 0.717) is 31.5 Å². The fourth-order valence-electron chi connectivity index (χ4n) is 1.56. The van der Waals surface area contributed by atoms with Crippen molar-refractivity contribution in [3.05, 3.63) is 0 Å². The van der Waals surface area contributed by atoms with E-state index in [2.05, 4.69) is 5.09 Å². The van der Waals surface area contributed by atoms with Gasteiger partial charge in [0.2, 0.25) is 0 Å². The molecule has 1 saturated heterocycles. The molecule has 0 aromatic heterocycles. The van der Waals surface area contributed by atoms with Crippen LogP contribution in [-0.4, -0.2) is 59.8 Å². The Labute approximate surface area is 142 Å². The summed E-state index contributed by atoms with van der Waals surface area (Å²) in [7, 11) is -2.84. The van der Waals surface area contributed by atoms with Crippen LogP contribution in [0.25, 0.3) is 0 Å². The quantitative estimate of drug-likeness (QED) is 0.459. The first-order valence-corrected chi connectivity index (χ1v) is 9.78. The number of nitrogens with two attached hydrogens (primary N) is 1. The van der Waals surface area contributed by atoms with Crippen LogP contribution in [-0.2, 0) is 13.9 Å². The monoisotopic (exact) mass is 377 g/mol. The Morgan fingerprint density at radius 1 is 1.41 bits per heavy atom. The molecular weight excluding hydrogens is 352 g/mol. The maximum atomic E-state index is 12.2. The van der Waals surface area contributed by atoms with Crippen LogP contribution in [0, 0.1) is 5.92 Å². The number of carbonyl (C=O) groups is 1. The molecule has 0 aromatic rings. The Balaban J connectivity index is 0.000000472. The topological polar surface area (TPSA) is 105 Å². The third kappa shape index (κ3) is 8.11. The largest absolute Gasteiger partial charge is 0.480 e. The molecule has 22 heavy (non-hydrogen) atoms. The van der Waals surface area contributed by atoms with Gasteiger partial charge in [0.05, 0.1) is 6.61 Å². The van der Waals surface area contributed by atoms with Gasteiger partial charge in [0, 0.05) is 31.4 Å². The number of hydrogen-bond donors (Lipinski definition) is 3. The van der Waals surface area contributed by atoms with Gasteiger partial charge in [0.1, 0.15) is 6.04 Å². The fraction of sp³-hybridized carbons (Fsp3) is 0.917. The highest BCUT2D eigenvalue weighted by Gasteiger charge is 2.32. The van der Waals surface area contributed by atoms with Gasteiger partial charge < -0.3 is 15.4 Å². The number of hydrogen-bond acceptors (Lipinski definition) is 4. The van der Waals surface area contributed by atoms with E-state index < -0.39 is 19.7 Å². The number of alkyl halides is 2. The molecule has 1 fully saturated rings. The Kier molecular flexibility index (Phi) is 11.7. The van der Waals surface area contributed by atoms with E-state index in [9.17, 15) is 9.36 Å². The van der Waals surface area contributed by atoms with Crippen molar-refractivity contribution >= 4 is 36.8 Å². The molecule has 1 aliphatic heterocycles. The Morgan fingerprint density at radius 2 is 1.95 bits per heavy atom. The van der Waals surface area contributed by atoms with Crippen molar-refractivity contribution in [2.75, 3.05) is 38.0 Å². The predicted octanol–water partition coefficient (Wildman–Crippen LogP) is 1.94. The zero-order valence-electron chi connectivity index (χ0n) is 13.0. The third-order valence-corrected chi connectivity index (χ3v) is 5.60. The predicted molar refractivity (Wildman–Crippen MR) is 89.6 cm³/mol. The summed E-state index contributed by atoms with van der Waals surface area (Å²) in [4.78, 5) is 10.0. The molecular formula is C12H26Cl2N3O4P. The number of nitrogens with one attached hydrogen (secondary N) is 1. The summed E-state index contributed by atoms with van der Waals surface area (Å²) in [5.74, 6) is -0.0646. The van der Waals surface area contributed by atoms with Crippen molar-refractivity contribution in [2.45, 2.75) is 26.3 Å². The SMILES string of the molecule is CC(C)[C@H](N)C(=O)O.O=P1(N(CCCl)CCCl)NCCCO1. The minimum Gasteiger partial charge on any atom is -0.480 e. The van der Waals surface area contributed by atoms with Crippen LogP contribution in [0.1, 0.15) is 20.3 Å². The molecule has 1 aliphatic rings. The first kappa shape index (κ1) is 22.1. The number of carboxylic acids is 1. The molecule has 0 amide bonds. The van der Waals surface area contributed by atoms with Gasteiger partial charge in [0.25, 0.3) is 0 Å². The summed E-state index contributed by atoms with van der Waals surface area (Å²) in [6.07, 6.45) is 0.888. The van der Waals surface area contributed by atoms with Gasteiger partial charge >= 0.3 is 13.6 Å². The fourth-order valence-corrected chi connectivity index (χ4v) is 4.21. The summed E-state index contributed by atoms with van der Waals surface area (Å²) in [5, 5.41) is 11.1. The van der Waals surface area contributed by atoms with Crippen LogP contribution >= 0.6 is 30.9 Å². The van der Waals surface area contributed by atoms with E-state index in [1.807, 2.05) is 0 Å². The lowest BCUT2D eigenvalue weighted by Crippen LogP contribution is -2.35. The molecule has 10 heteroatoms. The molecule has 0 spiro atoms. The maximum Gasteiger partial charge on any atom is 0.343 e. The van der Waals surface area contributed by atoms with Gasteiger partial charge in [-0.2, -0.15) is 0 Å². The van der Waals surface area contributed by atoms with E-state index in [4.69, 9.17) is 38.6 Å². The van der Waals surface area contributed by atoms with Crippen molar-refractivity contribution in [1.82, 2.24) is 9.76 Å². The Bertz CT molecular complexity index is 358. The number of halogens is 2. The normalized spacial score (nSPS) is 23.0. The summed E-state index contributed by atoms with van der Waals surface area (Å²) >= 11 is 11.2. The lowest BCUT2D eigenvalue weighted by Gasteiger charge is -2.33. The lowest BCUT2D eigenvalue weighted by molar-refractivity contribution is -0.139. The third-order valence-electron chi connectivity index (χ3n) is 2.96. The Morgan fingerprint density at radius 3 is 2.23 bits per heavy atom. The van der Waals surface area contributed by atoms with Crippen LogP contribution < -0.4 is 10.8 Å². The van der Waals surface area contributed by atoms with E-state index in [1.54, 1.807) is 18.5 Å². The molecule has 1 unspecified atom stereocenters. The molecule has 0 aromatic carbocycles. The minimum atomic E-state index is -2.84. The maximum absolute atomic E-state index is 12.2. The van der Waals surface area contributed by atoms with Crippen LogP contribution in [0.2, 0.25) is 0 Å². The van der Waals surface area contributed by atoms with Crippen molar-refractivity contribution in [3.63, 3.8) is 0 Å². The highest BCUT2D eigenvalue weighted by Crippen LogP contribution is 2.47. The second kappa shape index (κ2) is 11.6. The molecule has 1 rings (SSSR count). The number of nitrogens with zero attached hydrogens (tertiary/aromatic N) is 1. The number of rotatable bonds is 7. The molecule has 7 nitrogen and oxygen atoms in total. The lowest BCUT2D eigenvalue weighted by atomic mass is 10.1. The van der Waals surface area contributed by atoms with E-state index >= 15 is 0 Å². The summed E-state index contributed by atoms with van der Waals surface area (Å²) in [5.41, 5.74) is 5.16. The molecule has 0 bridgehead atoms. The standard InChI is InChI=1S/C7H15Cl2N2O2P.C5H11NO2/c8-2-5-11(6-3-9)14(12)10-4-1-7-13-14;1-3(2)4(6)5(7)8/h1-7H2,(H,10,12);3-4H,6H2,1-2H3,(H,7,8)/t;4-/m.0/s1. The van der Waals surface area contributed by atoms with Gasteiger partial charge in [-0.1, -0.05) is 13.8 Å². The number of carboxylic acid groups (broad SMARTS) is 1. The molecule has 4 N–H and O–H groups in total. The molecule has 0 aliphatic carbocycles. The van der Waals surface area contributed by atoms with Gasteiger partial charge in [-0.3, -0.25) is 9.36 Å². The highest BCUT2D eigenvalue weighted by molar-refractivity contribution is 7.54. The van der Waals surface area contributed by atoms with Crippen molar-refractivity contribution in [2.24, 2.45) is 11.7 Å². The summed E-state index contributed by atoms with van der Waals surface area (Å²) in [6.45, 7) is 5.86. The van der Waals surface area contributed by atoms with Crippen molar-refractivity contribution in [3.8, 4) is 0 Å². The Hall–Kier alpha value is 0.120. The van der Waals surface area contributed by atoms with Gasteiger partial charge in [-0.05, 0) is 12.3 Å². The first-order chi connectivity index (χ1) is 10.3. The summed E-state index contributed by atoms with van der Waals surface area (Å²) in [6, 6.07) is -0.713. The minimum absolute atomic E-state index is 0.0208. The van der Waals surface area contributed by atoms with Crippen molar-refractivity contribution < 1.29 is 19.0 Å². The molecule has 1 heterocycles. The van der Waals surface area contributed by atoms with Gasteiger partial charge in [0.15, 0.2) is 0 Å². The van der Waals surface area contributed by atoms with Gasteiger partial charge in [-0.25, -0.2) is 9.76 Å².